The lowest BCUT2D eigenvalue weighted by molar-refractivity contribution is -0.142. The van der Waals surface area contributed by atoms with E-state index in [1.54, 1.807) is 19.2 Å². The highest BCUT2D eigenvalue weighted by atomic mass is 16.5. The number of methoxy groups -OCH3 is 1. The fraction of sp³-hybridized carbons (Fsp3) is 0.273. The van der Waals surface area contributed by atoms with Gasteiger partial charge in [-0.2, -0.15) is 0 Å². The highest BCUT2D eigenvalue weighted by Crippen LogP contribution is 2.15. The fourth-order valence-electron chi connectivity index (χ4n) is 1.13. The summed E-state index contributed by atoms with van der Waals surface area (Å²) in [5.74, 6) is -0.612. The van der Waals surface area contributed by atoms with Crippen molar-refractivity contribution in [1.82, 2.24) is 4.98 Å². The molecular formula is C11H13NO2. The average molecular weight is 191 g/mol. The monoisotopic (exact) mass is 191 g/mol. The highest BCUT2D eigenvalue weighted by Gasteiger charge is 2.16. The Labute approximate surface area is 83.4 Å². The Balaban J connectivity index is 2.94. The topological polar surface area (TPSA) is 39.2 Å². The summed E-state index contributed by atoms with van der Waals surface area (Å²) in [5.41, 5.74) is 1.65. The summed E-state index contributed by atoms with van der Waals surface area (Å²) in [6, 6.07) is 3.66. The molecule has 0 bridgehead atoms. The molecule has 1 aromatic rings. The minimum absolute atomic E-state index is 0.279. The van der Waals surface area contributed by atoms with Crippen LogP contribution in [-0.4, -0.2) is 18.1 Å². The van der Waals surface area contributed by atoms with Crippen molar-refractivity contribution in [3.8, 4) is 0 Å². The van der Waals surface area contributed by atoms with E-state index in [9.17, 15) is 4.79 Å². The Morgan fingerprint density at radius 1 is 1.71 bits per heavy atom. The molecule has 0 aliphatic heterocycles. The lowest BCUT2D eigenvalue weighted by Crippen LogP contribution is -2.12. The van der Waals surface area contributed by atoms with Crippen molar-refractivity contribution in [3.05, 3.63) is 36.2 Å². The molecule has 1 aromatic heterocycles. The van der Waals surface area contributed by atoms with Gasteiger partial charge in [-0.05, 0) is 24.6 Å². The molecule has 3 heteroatoms. The number of hydrogen-bond donors (Lipinski definition) is 0. The summed E-state index contributed by atoms with van der Waals surface area (Å²) in [6.45, 7) is 5.42. The number of carbonyl (C=O) groups is 1. The normalized spacial score (nSPS) is 11.9. The van der Waals surface area contributed by atoms with Gasteiger partial charge in [0.25, 0.3) is 0 Å². The van der Waals surface area contributed by atoms with Gasteiger partial charge in [0.15, 0.2) is 0 Å². The molecule has 1 rings (SSSR count). The predicted octanol–water partition coefficient (Wildman–Crippen LogP) is 2.00. The van der Waals surface area contributed by atoms with Crippen molar-refractivity contribution >= 4 is 12.0 Å². The highest BCUT2D eigenvalue weighted by molar-refractivity contribution is 5.77. The van der Waals surface area contributed by atoms with Crippen LogP contribution < -0.4 is 0 Å². The lowest BCUT2D eigenvalue weighted by atomic mass is 10.1. The maximum Gasteiger partial charge on any atom is 0.314 e. The number of aromatic nitrogens is 1. The minimum Gasteiger partial charge on any atom is -0.469 e. The molecule has 0 radical (unpaired) electrons. The van der Waals surface area contributed by atoms with Crippen LogP contribution in [0.5, 0.6) is 0 Å². The van der Waals surface area contributed by atoms with Gasteiger partial charge in [-0.15, -0.1) is 0 Å². The van der Waals surface area contributed by atoms with Crippen molar-refractivity contribution in [3.63, 3.8) is 0 Å². The molecule has 0 aromatic carbocycles. The van der Waals surface area contributed by atoms with Gasteiger partial charge in [0.2, 0.25) is 0 Å². The third-order valence-electron chi connectivity index (χ3n) is 2.04. The third-order valence-corrected chi connectivity index (χ3v) is 2.04. The summed E-state index contributed by atoms with van der Waals surface area (Å²) in [5, 5.41) is 0. The molecule has 0 saturated carbocycles. The van der Waals surface area contributed by atoms with Gasteiger partial charge in [-0.25, -0.2) is 0 Å². The zero-order valence-electron chi connectivity index (χ0n) is 8.36. The molecule has 0 amide bonds. The van der Waals surface area contributed by atoms with E-state index < -0.39 is 0 Å². The van der Waals surface area contributed by atoms with Crippen LogP contribution in [0.1, 0.15) is 24.1 Å². The van der Waals surface area contributed by atoms with Crippen LogP contribution in [0.15, 0.2) is 24.9 Å². The summed E-state index contributed by atoms with van der Waals surface area (Å²) >= 11 is 0. The molecule has 1 atom stereocenters. The van der Waals surface area contributed by atoms with Crippen LogP contribution in [0.2, 0.25) is 0 Å². The van der Waals surface area contributed by atoms with Crippen molar-refractivity contribution in [2.45, 2.75) is 12.8 Å². The van der Waals surface area contributed by atoms with E-state index in [2.05, 4.69) is 16.3 Å². The number of hydrogen-bond acceptors (Lipinski definition) is 3. The molecule has 0 N–H and O–H groups in total. The fourth-order valence-corrected chi connectivity index (χ4v) is 1.13. The first kappa shape index (κ1) is 10.4. The molecule has 74 valence electrons. The second-order valence-electron chi connectivity index (χ2n) is 2.96. The van der Waals surface area contributed by atoms with E-state index in [1.807, 2.05) is 12.1 Å². The zero-order valence-corrected chi connectivity index (χ0v) is 8.36. The van der Waals surface area contributed by atoms with Crippen molar-refractivity contribution in [2.24, 2.45) is 0 Å². The Morgan fingerprint density at radius 3 is 3.00 bits per heavy atom. The number of pyridine rings is 1. The van der Waals surface area contributed by atoms with Gasteiger partial charge < -0.3 is 4.74 Å². The van der Waals surface area contributed by atoms with Gasteiger partial charge in [0, 0.05) is 6.20 Å². The Kier molecular flexibility index (Phi) is 3.40. The van der Waals surface area contributed by atoms with Crippen LogP contribution in [0.4, 0.5) is 0 Å². The van der Waals surface area contributed by atoms with Crippen molar-refractivity contribution in [2.75, 3.05) is 7.11 Å². The summed E-state index contributed by atoms with van der Waals surface area (Å²) in [6.07, 6.45) is 3.38. The first-order chi connectivity index (χ1) is 6.69. The molecule has 0 fully saturated rings. The van der Waals surface area contributed by atoms with Gasteiger partial charge >= 0.3 is 5.97 Å². The second-order valence-corrected chi connectivity index (χ2v) is 2.96. The number of nitrogens with zero attached hydrogens (tertiary/aromatic N) is 1. The van der Waals surface area contributed by atoms with E-state index in [-0.39, 0.29) is 11.9 Å². The van der Waals surface area contributed by atoms with Crippen LogP contribution in [-0.2, 0) is 9.53 Å². The lowest BCUT2D eigenvalue weighted by Gasteiger charge is -2.08. The second kappa shape index (κ2) is 4.56. The van der Waals surface area contributed by atoms with Crippen LogP contribution in [0, 0.1) is 0 Å². The molecular weight excluding hydrogens is 178 g/mol. The molecule has 0 aliphatic rings. The minimum atomic E-state index is -0.333. The van der Waals surface area contributed by atoms with Gasteiger partial charge in [0.05, 0.1) is 18.7 Å². The zero-order chi connectivity index (χ0) is 10.6. The van der Waals surface area contributed by atoms with E-state index >= 15 is 0 Å². The molecule has 3 nitrogen and oxygen atoms in total. The maximum absolute atomic E-state index is 11.2. The smallest absolute Gasteiger partial charge is 0.314 e. The first-order valence-corrected chi connectivity index (χ1v) is 4.35. The number of ether oxygens (including phenoxy) is 1. The van der Waals surface area contributed by atoms with Crippen molar-refractivity contribution in [1.29, 1.82) is 0 Å². The number of esters is 1. The van der Waals surface area contributed by atoms with Gasteiger partial charge in [-0.1, -0.05) is 12.7 Å². The van der Waals surface area contributed by atoms with E-state index in [0.29, 0.717) is 5.69 Å². The summed E-state index contributed by atoms with van der Waals surface area (Å²) < 4.78 is 4.64. The van der Waals surface area contributed by atoms with E-state index in [0.717, 1.165) is 5.56 Å². The predicted molar refractivity (Wildman–Crippen MR) is 54.8 cm³/mol. The van der Waals surface area contributed by atoms with Crippen molar-refractivity contribution < 1.29 is 9.53 Å². The molecule has 1 heterocycles. The quantitative estimate of drug-likeness (QED) is 0.686. The number of carbonyl (C=O) groups excluding carboxylic acids is 1. The molecule has 0 aliphatic carbocycles. The molecule has 0 spiro atoms. The van der Waals surface area contributed by atoms with Crippen LogP contribution >= 0.6 is 0 Å². The molecule has 14 heavy (non-hydrogen) atoms. The summed E-state index contributed by atoms with van der Waals surface area (Å²) in [4.78, 5) is 15.3. The Morgan fingerprint density at radius 2 is 2.43 bits per heavy atom. The Hall–Kier alpha value is -1.64. The number of rotatable bonds is 3. The van der Waals surface area contributed by atoms with Crippen LogP contribution in [0.25, 0.3) is 6.08 Å². The molecule has 0 saturated heterocycles. The van der Waals surface area contributed by atoms with E-state index in [4.69, 9.17) is 0 Å². The SMILES string of the molecule is C=Cc1ccnc(C(C)C(=O)OC)c1. The third kappa shape index (κ3) is 2.19. The van der Waals surface area contributed by atoms with E-state index in [1.165, 1.54) is 7.11 Å². The maximum atomic E-state index is 11.2. The van der Waals surface area contributed by atoms with Gasteiger partial charge in [-0.3, -0.25) is 9.78 Å². The molecule has 1 unspecified atom stereocenters. The average Bonchev–Trinajstić information content (AvgIpc) is 2.27. The standard InChI is InChI=1S/C11H13NO2/c1-4-9-5-6-12-10(7-9)8(2)11(13)14-3/h4-8H,1H2,2-3H3. The van der Waals surface area contributed by atoms with Crippen LogP contribution in [0.3, 0.4) is 0 Å². The van der Waals surface area contributed by atoms with Gasteiger partial charge in [0.1, 0.15) is 0 Å². The summed E-state index contributed by atoms with van der Waals surface area (Å²) in [7, 11) is 1.37. The largest absolute Gasteiger partial charge is 0.469 e. The Bertz CT molecular complexity index is 347. The first-order valence-electron chi connectivity index (χ1n) is 4.35.